The molecule has 0 aliphatic rings. The molecule has 2 N–H and O–H groups in total. The second-order valence-electron chi connectivity index (χ2n) is 4.59. The monoisotopic (exact) mass is 297 g/mol. The molecule has 4 rings (SSSR count). The number of H-pyrrole nitrogens is 1. The normalized spacial score (nSPS) is 11.1. The molecule has 0 aliphatic heterocycles. The molecule has 0 saturated carbocycles. The molecule has 8 nitrogen and oxygen atoms in total. The van der Waals surface area contributed by atoms with Crippen molar-refractivity contribution < 1.29 is 9.18 Å². The molecule has 22 heavy (non-hydrogen) atoms. The van der Waals surface area contributed by atoms with Crippen LogP contribution in [-0.4, -0.2) is 36.1 Å². The third-order valence-corrected chi connectivity index (χ3v) is 3.22. The zero-order valence-corrected chi connectivity index (χ0v) is 11.0. The highest BCUT2D eigenvalue weighted by atomic mass is 19.1. The average molecular weight is 297 g/mol. The summed E-state index contributed by atoms with van der Waals surface area (Å²) in [7, 11) is 0. The number of benzene rings is 1. The van der Waals surface area contributed by atoms with Crippen LogP contribution in [0.15, 0.2) is 36.5 Å². The van der Waals surface area contributed by atoms with Crippen molar-refractivity contribution in [2.24, 2.45) is 0 Å². The van der Waals surface area contributed by atoms with Gasteiger partial charge in [0.15, 0.2) is 11.5 Å². The quantitative estimate of drug-likeness (QED) is 0.582. The van der Waals surface area contributed by atoms with E-state index in [1.807, 2.05) is 0 Å². The van der Waals surface area contributed by atoms with E-state index in [0.717, 1.165) is 0 Å². The number of hydrogen-bond acceptors (Lipinski definition) is 5. The molecular formula is C13H8FN7O. The molecule has 0 unspecified atom stereocenters. The number of pyridine rings is 1. The minimum Gasteiger partial charge on any atom is -0.304 e. The third-order valence-electron chi connectivity index (χ3n) is 3.22. The van der Waals surface area contributed by atoms with Crippen LogP contribution in [0.1, 0.15) is 10.4 Å². The fraction of sp³-hybridized carbons (Fsp3) is 0. The van der Waals surface area contributed by atoms with Crippen LogP contribution in [0.5, 0.6) is 0 Å². The van der Waals surface area contributed by atoms with E-state index in [2.05, 4.69) is 31.0 Å². The molecule has 3 heterocycles. The van der Waals surface area contributed by atoms with Gasteiger partial charge in [0.1, 0.15) is 5.82 Å². The number of fused-ring (bicyclic) bond motifs is 2. The summed E-state index contributed by atoms with van der Waals surface area (Å²) in [5.74, 6) is -0.763. The Bertz CT molecular complexity index is 1010. The summed E-state index contributed by atoms with van der Waals surface area (Å²) in [5.41, 5.74) is 1.35. The summed E-state index contributed by atoms with van der Waals surface area (Å²) < 4.78 is 15.2. The van der Waals surface area contributed by atoms with Crippen molar-refractivity contribution in [3.63, 3.8) is 0 Å². The molecule has 4 aromatic rings. The van der Waals surface area contributed by atoms with Gasteiger partial charge in [0, 0.05) is 6.20 Å². The summed E-state index contributed by atoms with van der Waals surface area (Å²) in [6.07, 6.45) is 1.48. The highest BCUT2D eigenvalue weighted by Gasteiger charge is 2.14. The minimum absolute atomic E-state index is 0.134. The highest BCUT2D eigenvalue weighted by molar-refractivity contribution is 6.07. The van der Waals surface area contributed by atoms with E-state index in [1.165, 1.54) is 16.8 Å². The Kier molecular flexibility index (Phi) is 2.58. The van der Waals surface area contributed by atoms with E-state index >= 15 is 0 Å². The van der Waals surface area contributed by atoms with E-state index in [4.69, 9.17) is 0 Å². The predicted octanol–water partition coefficient (Wildman–Crippen LogP) is 1.39. The Morgan fingerprint density at radius 2 is 2.18 bits per heavy atom. The smallest absolute Gasteiger partial charge is 0.258 e. The zero-order chi connectivity index (χ0) is 15.1. The van der Waals surface area contributed by atoms with Crippen LogP contribution in [0.25, 0.3) is 16.6 Å². The number of tetrazole rings is 1. The molecule has 1 aromatic carbocycles. The molecule has 108 valence electrons. The first-order valence-electron chi connectivity index (χ1n) is 6.34. The maximum Gasteiger partial charge on any atom is 0.258 e. The van der Waals surface area contributed by atoms with E-state index in [-0.39, 0.29) is 11.2 Å². The lowest BCUT2D eigenvalue weighted by molar-refractivity contribution is 0.102. The molecule has 0 radical (unpaired) electrons. The fourth-order valence-electron chi connectivity index (χ4n) is 2.18. The lowest BCUT2D eigenvalue weighted by Gasteiger charge is -2.03. The van der Waals surface area contributed by atoms with Crippen molar-refractivity contribution in [3.05, 3.63) is 47.9 Å². The van der Waals surface area contributed by atoms with Gasteiger partial charge in [-0.05, 0) is 34.7 Å². The summed E-state index contributed by atoms with van der Waals surface area (Å²) >= 11 is 0. The Labute approximate surface area is 121 Å². The van der Waals surface area contributed by atoms with Crippen molar-refractivity contribution >= 4 is 28.3 Å². The van der Waals surface area contributed by atoms with Gasteiger partial charge in [0.05, 0.1) is 16.5 Å². The molecule has 0 fully saturated rings. The van der Waals surface area contributed by atoms with Gasteiger partial charge in [0.2, 0.25) is 0 Å². The number of carbonyl (C=O) groups is 1. The first kappa shape index (κ1) is 12.4. The first-order chi connectivity index (χ1) is 10.7. The minimum atomic E-state index is -0.461. The van der Waals surface area contributed by atoms with Gasteiger partial charge in [0.25, 0.3) is 5.91 Å². The Balaban J connectivity index is 1.71. The molecule has 0 spiro atoms. The van der Waals surface area contributed by atoms with Crippen molar-refractivity contribution in [1.29, 1.82) is 0 Å². The van der Waals surface area contributed by atoms with Crippen LogP contribution < -0.4 is 5.32 Å². The average Bonchev–Trinajstić information content (AvgIpc) is 3.14. The Morgan fingerprint density at radius 3 is 3.09 bits per heavy atom. The van der Waals surface area contributed by atoms with Crippen LogP contribution >= 0.6 is 0 Å². The number of aromatic amines is 1. The van der Waals surface area contributed by atoms with E-state index < -0.39 is 11.7 Å². The van der Waals surface area contributed by atoms with Crippen LogP contribution in [0, 0.1) is 5.82 Å². The van der Waals surface area contributed by atoms with Crippen LogP contribution in [0.3, 0.4) is 0 Å². The molecule has 1 amide bonds. The van der Waals surface area contributed by atoms with E-state index in [1.54, 1.807) is 24.3 Å². The molecule has 0 atom stereocenters. The Hall–Kier alpha value is -3.36. The van der Waals surface area contributed by atoms with Crippen LogP contribution in [-0.2, 0) is 0 Å². The molecular weight excluding hydrogens is 289 g/mol. The van der Waals surface area contributed by atoms with Gasteiger partial charge >= 0.3 is 0 Å². The largest absolute Gasteiger partial charge is 0.304 e. The van der Waals surface area contributed by atoms with Crippen LogP contribution in [0.4, 0.5) is 10.2 Å². The maximum atomic E-state index is 13.9. The lowest BCUT2D eigenvalue weighted by atomic mass is 10.2. The summed E-state index contributed by atoms with van der Waals surface area (Å²) in [4.78, 5) is 12.3. The second kappa shape index (κ2) is 4.58. The summed E-state index contributed by atoms with van der Waals surface area (Å²) in [5, 5.41) is 20.4. The predicted molar refractivity (Wildman–Crippen MR) is 74.8 cm³/mol. The van der Waals surface area contributed by atoms with Gasteiger partial charge in [-0.3, -0.25) is 9.89 Å². The first-order valence-corrected chi connectivity index (χ1v) is 6.34. The van der Waals surface area contributed by atoms with Gasteiger partial charge in [-0.1, -0.05) is 6.07 Å². The van der Waals surface area contributed by atoms with Crippen LogP contribution in [0.2, 0.25) is 0 Å². The standard InChI is InChI=1S/C13H8FN7O/c14-8-2-1-3-9-11(8)12(18-16-9)15-13(22)7-4-5-10-17-19-20-21(10)6-7/h1-6H,(H2,15,16,18,22). The number of nitrogens with one attached hydrogen (secondary N) is 2. The van der Waals surface area contributed by atoms with Crippen molar-refractivity contribution in [1.82, 2.24) is 30.2 Å². The van der Waals surface area contributed by atoms with Crippen molar-refractivity contribution in [2.75, 3.05) is 5.32 Å². The van der Waals surface area contributed by atoms with Gasteiger partial charge in [-0.15, -0.1) is 5.10 Å². The summed E-state index contributed by atoms with van der Waals surface area (Å²) in [6.45, 7) is 0. The fourth-order valence-corrected chi connectivity index (χ4v) is 2.18. The number of rotatable bonds is 2. The van der Waals surface area contributed by atoms with E-state index in [9.17, 15) is 9.18 Å². The second-order valence-corrected chi connectivity index (χ2v) is 4.59. The van der Waals surface area contributed by atoms with Crippen molar-refractivity contribution in [2.45, 2.75) is 0 Å². The highest BCUT2D eigenvalue weighted by Crippen LogP contribution is 2.23. The number of halogens is 1. The number of hydrogen-bond donors (Lipinski definition) is 2. The van der Waals surface area contributed by atoms with E-state index in [0.29, 0.717) is 16.7 Å². The molecule has 3 aromatic heterocycles. The molecule has 0 saturated heterocycles. The topological polar surface area (TPSA) is 101 Å². The number of aromatic nitrogens is 6. The number of anilines is 1. The third kappa shape index (κ3) is 1.87. The summed E-state index contributed by atoms with van der Waals surface area (Å²) in [6, 6.07) is 7.73. The number of amides is 1. The van der Waals surface area contributed by atoms with Gasteiger partial charge in [-0.2, -0.15) is 9.61 Å². The zero-order valence-electron chi connectivity index (χ0n) is 11.0. The molecule has 9 heteroatoms. The lowest BCUT2D eigenvalue weighted by Crippen LogP contribution is -2.13. The van der Waals surface area contributed by atoms with Crippen molar-refractivity contribution in [3.8, 4) is 0 Å². The Morgan fingerprint density at radius 1 is 1.27 bits per heavy atom. The number of carbonyl (C=O) groups excluding carboxylic acids is 1. The molecule has 0 aliphatic carbocycles. The maximum absolute atomic E-state index is 13.9. The SMILES string of the molecule is O=C(Nc1n[nH]c2cccc(F)c12)c1ccc2nnnn2c1. The van der Waals surface area contributed by atoms with Gasteiger partial charge in [-0.25, -0.2) is 4.39 Å². The molecule has 0 bridgehead atoms. The number of nitrogens with zero attached hydrogens (tertiary/aromatic N) is 5. The van der Waals surface area contributed by atoms with Gasteiger partial charge < -0.3 is 5.32 Å².